The van der Waals surface area contributed by atoms with Gasteiger partial charge in [-0.05, 0) is 43.2 Å². The van der Waals surface area contributed by atoms with Crippen LogP contribution < -0.4 is 0 Å². The first-order valence-corrected chi connectivity index (χ1v) is 6.23. The lowest BCUT2D eigenvalue weighted by Crippen LogP contribution is -1.98. The molecule has 1 aromatic rings. The van der Waals surface area contributed by atoms with Gasteiger partial charge in [-0.2, -0.15) is 0 Å². The summed E-state index contributed by atoms with van der Waals surface area (Å²) in [5.41, 5.74) is 4.39. The first-order valence-electron chi connectivity index (χ1n) is 6.23. The van der Waals surface area contributed by atoms with Gasteiger partial charge in [0, 0.05) is 13.7 Å². The van der Waals surface area contributed by atoms with Crippen LogP contribution in [0.5, 0.6) is 0 Å². The van der Waals surface area contributed by atoms with E-state index in [2.05, 4.69) is 39.0 Å². The zero-order chi connectivity index (χ0) is 12.0. The normalized spacial score (nSPS) is 11.1. The molecule has 1 nitrogen and oxygen atoms in total. The van der Waals surface area contributed by atoms with E-state index in [0.717, 1.165) is 13.0 Å². The van der Waals surface area contributed by atoms with Crippen molar-refractivity contribution in [1.82, 2.24) is 0 Å². The molecule has 0 bridgehead atoms. The molecule has 90 valence electrons. The predicted octanol–water partition coefficient (Wildman–Crippen LogP) is 4.09. The lowest BCUT2D eigenvalue weighted by Gasteiger charge is -2.13. The summed E-state index contributed by atoms with van der Waals surface area (Å²) >= 11 is 0. The molecule has 0 aromatic heterocycles. The van der Waals surface area contributed by atoms with Gasteiger partial charge in [-0.1, -0.05) is 37.6 Å². The number of benzene rings is 1. The second kappa shape index (κ2) is 6.70. The van der Waals surface area contributed by atoms with Crippen LogP contribution in [0.15, 0.2) is 18.2 Å². The number of rotatable bonds is 6. The van der Waals surface area contributed by atoms with Crippen LogP contribution in [0.2, 0.25) is 0 Å². The van der Waals surface area contributed by atoms with E-state index < -0.39 is 0 Å². The Balaban J connectivity index is 2.65. The molecule has 1 rings (SSSR count). The average Bonchev–Trinajstić information content (AvgIpc) is 2.24. The number of unbranched alkanes of at least 4 members (excludes halogenated alkanes) is 1. The van der Waals surface area contributed by atoms with E-state index >= 15 is 0 Å². The van der Waals surface area contributed by atoms with Gasteiger partial charge in [-0.3, -0.25) is 0 Å². The average molecular weight is 220 g/mol. The maximum absolute atomic E-state index is 5.08. The monoisotopic (exact) mass is 220 g/mol. The minimum absolute atomic E-state index is 0.623. The topological polar surface area (TPSA) is 9.23 Å². The van der Waals surface area contributed by atoms with Crippen LogP contribution in [0.3, 0.4) is 0 Å². The molecular weight excluding hydrogens is 196 g/mol. The Labute approximate surface area is 99.8 Å². The molecule has 0 saturated heterocycles. The van der Waals surface area contributed by atoms with Crippen LogP contribution in [0.4, 0.5) is 0 Å². The van der Waals surface area contributed by atoms with E-state index in [0.29, 0.717) is 5.92 Å². The number of ether oxygens (including phenoxy) is 1. The van der Waals surface area contributed by atoms with Crippen molar-refractivity contribution < 1.29 is 4.74 Å². The van der Waals surface area contributed by atoms with Gasteiger partial charge in [-0.25, -0.2) is 0 Å². The van der Waals surface area contributed by atoms with Crippen molar-refractivity contribution in [2.75, 3.05) is 13.7 Å². The Bertz CT molecular complexity index is 315. The van der Waals surface area contributed by atoms with Crippen molar-refractivity contribution in [3.05, 3.63) is 34.9 Å². The fourth-order valence-electron chi connectivity index (χ4n) is 2.08. The minimum Gasteiger partial charge on any atom is -0.385 e. The molecule has 1 heteroatoms. The van der Waals surface area contributed by atoms with Crippen LogP contribution in [0, 0.1) is 6.92 Å². The molecule has 0 atom stereocenters. The van der Waals surface area contributed by atoms with E-state index in [4.69, 9.17) is 4.74 Å². The summed E-state index contributed by atoms with van der Waals surface area (Å²) in [6.07, 6.45) is 3.55. The van der Waals surface area contributed by atoms with Crippen molar-refractivity contribution in [2.45, 2.75) is 46.0 Å². The lowest BCUT2D eigenvalue weighted by molar-refractivity contribution is 0.193. The van der Waals surface area contributed by atoms with Crippen LogP contribution in [-0.4, -0.2) is 13.7 Å². The van der Waals surface area contributed by atoms with E-state index in [1.54, 1.807) is 7.11 Å². The molecule has 0 heterocycles. The molecule has 1 aromatic carbocycles. The second-order valence-corrected chi connectivity index (χ2v) is 4.81. The highest BCUT2D eigenvalue weighted by molar-refractivity contribution is 5.33. The molecule has 0 spiro atoms. The molecular formula is C15H24O. The number of hydrogen-bond donors (Lipinski definition) is 0. The minimum atomic E-state index is 0.623. The highest BCUT2D eigenvalue weighted by Gasteiger charge is 2.06. The van der Waals surface area contributed by atoms with Crippen LogP contribution in [0.25, 0.3) is 0 Å². The molecule has 0 aliphatic carbocycles. The molecule has 0 amide bonds. The van der Waals surface area contributed by atoms with Crippen LogP contribution in [0.1, 0.15) is 49.3 Å². The van der Waals surface area contributed by atoms with Gasteiger partial charge in [0.15, 0.2) is 0 Å². The van der Waals surface area contributed by atoms with Gasteiger partial charge in [-0.15, -0.1) is 0 Å². The Morgan fingerprint density at radius 3 is 2.56 bits per heavy atom. The van der Waals surface area contributed by atoms with Gasteiger partial charge in [0.2, 0.25) is 0 Å². The van der Waals surface area contributed by atoms with Gasteiger partial charge in [0.1, 0.15) is 0 Å². The summed E-state index contributed by atoms with van der Waals surface area (Å²) in [6.45, 7) is 7.58. The van der Waals surface area contributed by atoms with Crippen LogP contribution >= 0.6 is 0 Å². The SMILES string of the molecule is COCCCCc1cc(C)ccc1C(C)C. The summed E-state index contributed by atoms with van der Waals surface area (Å²) in [5.74, 6) is 0.623. The molecule has 0 saturated carbocycles. The van der Waals surface area contributed by atoms with Crippen molar-refractivity contribution >= 4 is 0 Å². The molecule has 0 N–H and O–H groups in total. The Morgan fingerprint density at radius 2 is 1.94 bits per heavy atom. The molecule has 0 unspecified atom stereocenters. The maximum Gasteiger partial charge on any atom is 0.0462 e. The lowest BCUT2D eigenvalue weighted by atomic mass is 9.92. The number of aryl methyl sites for hydroxylation is 2. The second-order valence-electron chi connectivity index (χ2n) is 4.81. The summed E-state index contributed by atoms with van der Waals surface area (Å²) in [5, 5.41) is 0. The van der Waals surface area contributed by atoms with Gasteiger partial charge in [0.25, 0.3) is 0 Å². The standard InChI is InChI=1S/C15H24O/c1-12(2)15-9-8-13(3)11-14(15)7-5-6-10-16-4/h8-9,11-12H,5-7,10H2,1-4H3. The zero-order valence-corrected chi connectivity index (χ0v) is 11.0. The maximum atomic E-state index is 5.08. The highest BCUT2D eigenvalue weighted by atomic mass is 16.5. The van der Waals surface area contributed by atoms with E-state index in [1.165, 1.54) is 29.5 Å². The quantitative estimate of drug-likeness (QED) is 0.656. The summed E-state index contributed by atoms with van der Waals surface area (Å²) in [6, 6.07) is 6.84. The van der Waals surface area contributed by atoms with Crippen LogP contribution in [-0.2, 0) is 11.2 Å². The van der Waals surface area contributed by atoms with Crippen molar-refractivity contribution in [2.24, 2.45) is 0 Å². The highest BCUT2D eigenvalue weighted by Crippen LogP contribution is 2.22. The van der Waals surface area contributed by atoms with Crippen molar-refractivity contribution in [3.63, 3.8) is 0 Å². The smallest absolute Gasteiger partial charge is 0.0462 e. The molecule has 0 radical (unpaired) electrons. The fraction of sp³-hybridized carbons (Fsp3) is 0.600. The summed E-state index contributed by atoms with van der Waals surface area (Å²) < 4.78 is 5.08. The first kappa shape index (κ1) is 13.2. The predicted molar refractivity (Wildman–Crippen MR) is 70.1 cm³/mol. The third kappa shape index (κ3) is 3.97. The molecule has 16 heavy (non-hydrogen) atoms. The molecule has 0 aliphatic heterocycles. The molecule has 0 aliphatic rings. The van der Waals surface area contributed by atoms with Crippen molar-refractivity contribution in [1.29, 1.82) is 0 Å². The Morgan fingerprint density at radius 1 is 1.19 bits per heavy atom. The zero-order valence-electron chi connectivity index (χ0n) is 11.0. The summed E-state index contributed by atoms with van der Waals surface area (Å²) in [4.78, 5) is 0. The van der Waals surface area contributed by atoms with E-state index in [9.17, 15) is 0 Å². The van der Waals surface area contributed by atoms with Gasteiger partial charge in [0.05, 0.1) is 0 Å². The van der Waals surface area contributed by atoms with Gasteiger partial charge < -0.3 is 4.74 Å². The number of methoxy groups -OCH3 is 1. The summed E-state index contributed by atoms with van der Waals surface area (Å²) in [7, 11) is 1.77. The molecule has 0 fully saturated rings. The largest absolute Gasteiger partial charge is 0.385 e. The third-order valence-electron chi connectivity index (χ3n) is 2.97. The Kier molecular flexibility index (Phi) is 5.54. The van der Waals surface area contributed by atoms with E-state index in [-0.39, 0.29) is 0 Å². The Hall–Kier alpha value is -0.820. The number of hydrogen-bond acceptors (Lipinski definition) is 1. The first-order chi connectivity index (χ1) is 7.65. The third-order valence-corrected chi connectivity index (χ3v) is 2.97. The van der Waals surface area contributed by atoms with Crippen molar-refractivity contribution in [3.8, 4) is 0 Å². The van der Waals surface area contributed by atoms with E-state index in [1.807, 2.05) is 0 Å². The van der Waals surface area contributed by atoms with Gasteiger partial charge >= 0.3 is 0 Å². The fourth-order valence-corrected chi connectivity index (χ4v) is 2.08.